The van der Waals surface area contributed by atoms with E-state index in [9.17, 15) is 4.79 Å². The van der Waals surface area contributed by atoms with Crippen molar-refractivity contribution in [3.63, 3.8) is 0 Å². The molecule has 0 unspecified atom stereocenters. The number of hydrogen-bond donors (Lipinski definition) is 1. The quantitative estimate of drug-likeness (QED) is 0.176. The van der Waals surface area contributed by atoms with Gasteiger partial charge in [0.05, 0.1) is 6.61 Å². The normalized spacial score (nSPS) is 4.88. The van der Waals surface area contributed by atoms with Crippen LogP contribution in [-0.4, -0.2) is 24.3 Å². The van der Waals surface area contributed by atoms with Crippen LogP contribution in [0.5, 0.6) is 0 Å². The fourth-order valence-electron chi connectivity index (χ4n) is 0.205. The summed E-state index contributed by atoms with van der Waals surface area (Å²) in [7, 11) is 0. The van der Waals surface area contributed by atoms with Crippen molar-refractivity contribution >= 4 is 5.97 Å². The number of carbonyl (C=O) groups is 1. The zero-order chi connectivity index (χ0) is 49.7. The van der Waals surface area contributed by atoms with Gasteiger partial charge in [0, 0.05) is 6.08 Å². The summed E-state index contributed by atoms with van der Waals surface area (Å²) in [4.78, 5) is 10.1. The van der Waals surface area contributed by atoms with Gasteiger partial charge in [-0.05, 0) is 111 Å². The van der Waals surface area contributed by atoms with E-state index in [0.29, 0.717) is 0 Å². The Hall–Kier alpha value is -4.99. The van der Waals surface area contributed by atoms with E-state index in [2.05, 4.69) is 117 Å². The summed E-state index contributed by atoms with van der Waals surface area (Å²) in [5.74, 6) is -0.501. The molecule has 334 valence electrons. The molecule has 3 nitrogen and oxygen atoms in total. The Bertz CT molecular complexity index is 496. The van der Waals surface area contributed by atoms with Gasteiger partial charge in [0.2, 0.25) is 0 Å². The maximum Gasteiger partial charge on any atom is 0.330 e. The molecule has 0 aliphatic carbocycles. The average Bonchev–Trinajstić information content (AvgIpc) is 3.10. The van der Waals surface area contributed by atoms with Gasteiger partial charge in [-0.2, -0.15) is 0 Å². The summed E-state index contributed by atoms with van der Waals surface area (Å²) in [6.45, 7) is 87.1. The molecule has 0 spiro atoms. The van der Waals surface area contributed by atoms with Crippen molar-refractivity contribution < 1.29 is 14.6 Å². The molecule has 0 rings (SSSR count). The van der Waals surface area contributed by atoms with Crippen LogP contribution in [-0.2, 0) is 9.53 Å². The highest BCUT2D eigenvalue weighted by Crippen LogP contribution is 1.75. The highest BCUT2D eigenvalue weighted by atomic mass is 16.5. The fraction of sp³-hybridized carbons (Fsp3) is 0.340. The van der Waals surface area contributed by atoms with Crippen LogP contribution in [0.2, 0.25) is 0 Å². The SMILES string of the molecule is C=CC.C=CC.C=CC.C=CC.C=CC.C=CC.C=CC.C=CC.C=CC.C=CC.C=CC.C=CC.C=CC.C=CC.C=CC.C=CC.C=CC(=O)OCCO. The molecule has 1 N–H and O–H groups in total. The van der Waals surface area contributed by atoms with Gasteiger partial charge in [0.15, 0.2) is 0 Å². The molecule has 0 aromatic heterocycles. The Morgan fingerprint density at radius 2 is 0.411 bits per heavy atom. The third-order valence-corrected chi connectivity index (χ3v) is 0.502. The van der Waals surface area contributed by atoms with Gasteiger partial charge < -0.3 is 9.84 Å². The summed E-state index contributed by atoms with van der Waals surface area (Å²) in [5, 5.41) is 8.10. The minimum Gasteiger partial charge on any atom is -0.460 e. The second-order valence-corrected chi connectivity index (χ2v) is 7.63. The van der Waals surface area contributed by atoms with Crippen molar-refractivity contribution in [2.75, 3.05) is 13.2 Å². The fourth-order valence-corrected chi connectivity index (χ4v) is 0.205. The van der Waals surface area contributed by atoms with Gasteiger partial charge >= 0.3 is 5.97 Å². The van der Waals surface area contributed by atoms with Crippen LogP contribution in [0, 0.1) is 0 Å². The molecule has 0 saturated carbocycles. The Labute approximate surface area is 358 Å². The van der Waals surface area contributed by atoms with Crippen LogP contribution in [0.15, 0.2) is 215 Å². The number of rotatable bonds is 3. The first kappa shape index (κ1) is 110. The molecule has 0 bridgehead atoms. The standard InChI is InChI=1S/C5H8O3.16C3H6/c1-2-5(7)8-4-3-6;16*1-3-2/h2,6H,1,3-4H2;16*3H,1H2,2H3. The van der Waals surface area contributed by atoms with Crippen LogP contribution in [0.25, 0.3) is 0 Å². The molecule has 0 radical (unpaired) electrons. The molecule has 3 heteroatoms. The summed E-state index contributed by atoms with van der Waals surface area (Å²) in [6.07, 6.45) is 29.1. The Kier molecular flexibility index (Phi) is 729. The number of esters is 1. The van der Waals surface area contributed by atoms with Crippen molar-refractivity contribution in [2.24, 2.45) is 0 Å². The first-order chi connectivity index (χ1) is 26.4. The Morgan fingerprint density at radius 3 is 0.464 bits per heavy atom. The molecule has 0 fully saturated rings. The van der Waals surface area contributed by atoms with Crippen LogP contribution in [0.4, 0.5) is 0 Å². The van der Waals surface area contributed by atoms with Gasteiger partial charge in [-0.1, -0.05) is 104 Å². The van der Waals surface area contributed by atoms with Crippen molar-refractivity contribution in [3.05, 3.63) is 215 Å². The second kappa shape index (κ2) is 370. The topological polar surface area (TPSA) is 46.5 Å². The van der Waals surface area contributed by atoms with E-state index in [-0.39, 0.29) is 13.2 Å². The molecule has 0 heterocycles. The van der Waals surface area contributed by atoms with E-state index in [0.717, 1.165) is 6.08 Å². The van der Waals surface area contributed by atoms with E-state index >= 15 is 0 Å². The van der Waals surface area contributed by atoms with Crippen LogP contribution < -0.4 is 0 Å². The summed E-state index contributed by atoms with van der Waals surface area (Å²) in [6, 6.07) is 0. The maximum absolute atomic E-state index is 10.1. The van der Waals surface area contributed by atoms with E-state index in [1.807, 2.05) is 111 Å². The number of aliphatic hydroxyl groups excluding tert-OH is 1. The Morgan fingerprint density at radius 1 is 0.321 bits per heavy atom. The van der Waals surface area contributed by atoms with Crippen LogP contribution in [0.3, 0.4) is 0 Å². The molecule has 0 aromatic carbocycles. The van der Waals surface area contributed by atoms with Crippen molar-refractivity contribution in [3.8, 4) is 0 Å². The maximum atomic E-state index is 10.1. The number of aliphatic hydroxyl groups is 1. The number of allylic oxidation sites excluding steroid dienone is 16. The first-order valence-electron chi connectivity index (χ1n) is 18.0. The van der Waals surface area contributed by atoms with E-state index in [1.165, 1.54) is 0 Å². The van der Waals surface area contributed by atoms with Gasteiger partial charge in [-0.3, -0.25) is 0 Å². The zero-order valence-electron chi connectivity index (χ0n) is 41.0. The van der Waals surface area contributed by atoms with Crippen LogP contribution >= 0.6 is 0 Å². The number of ether oxygens (including phenoxy) is 1. The number of carbonyl (C=O) groups excluding carboxylic acids is 1. The van der Waals surface area contributed by atoms with Gasteiger partial charge in [0.1, 0.15) is 6.61 Å². The molecule has 0 saturated heterocycles. The van der Waals surface area contributed by atoms with Crippen LogP contribution in [0.1, 0.15) is 111 Å². The molecule has 0 aromatic rings. The predicted octanol–water partition coefficient (Wildman–Crippen LogP) is 18.8. The second-order valence-electron chi connectivity index (χ2n) is 7.63. The van der Waals surface area contributed by atoms with E-state index in [1.54, 1.807) is 97.2 Å². The summed E-state index contributed by atoms with van der Waals surface area (Å²) >= 11 is 0. The summed E-state index contributed by atoms with van der Waals surface area (Å²) in [5.41, 5.74) is 0. The molecule has 56 heavy (non-hydrogen) atoms. The minimum atomic E-state index is -0.501. The van der Waals surface area contributed by atoms with Crippen molar-refractivity contribution in [1.82, 2.24) is 0 Å². The van der Waals surface area contributed by atoms with Gasteiger partial charge in [-0.25, -0.2) is 4.79 Å². The smallest absolute Gasteiger partial charge is 0.330 e. The van der Waals surface area contributed by atoms with E-state index in [4.69, 9.17) is 5.11 Å². The Balaban J connectivity index is -0.0000000195. The number of hydrogen-bond acceptors (Lipinski definition) is 3. The van der Waals surface area contributed by atoms with Crippen molar-refractivity contribution in [1.29, 1.82) is 0 Å². The highest BCUT2D eigenvalue weighted by molar-refractivity contribution is 5.81. The highest BCUT2D eigenvalue weighted by Gasteiger charge is 1.90. The first-order valence-corrected chi connectivity index (χ1v) is 18.0. The molecule has 0 aliphatic rings. The van der Waals surface area contributed by atoms with Gasteiger partial charge in [0.25, 0.3) is 0 Å². The molecule has 0 amide bonds. The molecule has 0 atom stereocenters. The molecular weight excluding hydrogens is 685 g/mol. The lowest BCUT2D eigenvalue weighted by Gasteiger charge is -1.94. The predicted molar refractivity (Wildman–Crippen MR) is 282 cm³/mol. The third-order valence-electron chi connectivity index (χ3n) is 0.502. The lowest BCUT2D eigenvalue weighted by atomic mass is 10.6. The van der Waals surface area contributed by atoms with Crippen molar-refractivity contribution in [2.45, 2.75) is 111 Å². The lowest BCUT2D eigenvalue weighted by Crippen LogP contribution is -2.04. The largest absolute Gasteiger partial charge is 0.460 e. The molecular formula is C53H104O3. The third kappa shape index (κ3) is 111000. The zero-order valence-corrected chi connectivity index (χ0v) is 41.0. The van der Waals surface area contributed by atoms with Gasteiger partial charge in [-0.15, -0.1) is 105 Å². The lowest BCUT2D eigenvalue weighted by molar-refractivity contribution is -0.138. The summed E-state index contributed by atoms with van der Waals surface area (Å²) < 4.78 is 4.33. The minimum absolute atomic E-state index is 0.0465. The average molecular weight is 789 g/mol. The molecule has 0 aliphatic heterocycles. The van der Waals surface area contributed by atoms with E-state index < -0.39 is 5.97 Å². The monoisotopic (exact) mass is 789 g/mol.